The van der Waals surface area contributed by atoms with Crippen LogP contribution in [0.4, 0.5) is 5.69 Å². The van der Waals surface area contributed by atoms with Gasteiger partial charge in [0.2, 0.25) is 5.91 Å². The highest BCUT2D eigenvalue weighted by Crippen LogP contribution is 2.19. The first kappa shape index (κ1) is 13.1. The molecular formula is C14H18N4O. The summed E-state index contributed by atoms with van der Waals surface area (Å²) in [6.07, 6.45) is 5.11. The molecule has 0 saturated carbocycles. The van der Waals surface area contributed by atoms with E-state index >= 15 is 0 Å². The van der Waals surface area contributed by atoms with Crippen LogP contribution in [0.5, 0.6) is 0 Å². The van der Waals surface area contributed by atoms with Crippen molar-refractivity contribution < 1.29 is 4.79 Å². The summed E-state index contributed by atoms with van der Waals surface area (Å²) in [4.78, 5) is 11.1. The largest absolute Gasteiger partial charge is 0.399 e. The maximum Gasteiger partial charge on any atom is 0.219 e. The van der Waals surface area contributed by atoms with E-state index in [1.807, 2.05) is 41.3 Å². The molecule has 19 heavy (non-hydrogen) atoms. The summed E-state index contributed by atoms with van der Waals surface area (Å²) in [5.74, 6) is 0.0610. The number of hydrogen-bond acceptors (Lipinski definition) is 3. The number of hydrogen-bond donors (Lipinski definition) is 2. The van der Waals surface area contributed by atoms with E-state index in [2.05, 4.69) is 10.4 Å². The molecule has 2 rings (SSSR count). The van der Waals surface area contributed by atoms with E-state index in [1.165, 1.54) is 0 Å². The van der Waals surface area contributed by atoms with Gasteiger partial charge in [-0.25, -0.2) is 0 Å². The number of nitrogens with two attached hydrogens (primary N) is 1. The van der Waals surface area contributed by atoms with E-state index in [-0.39, 0.29) is 5.91 Å². The van der Waals surface area contributed by atoms with Gasteiger partial charge in [-0.05, 0) is 24.1 Å². The lowest BCUT2D eigenvalue weighted by atomic mass is 10.1. The van der Waals surface area contributed by atoms with Crippen molar-refractivity contribution in [3.63, 3.8) is 0 Å². The quantitative estimate of drug-likeness (QED) is 0.801. The number of nitrogen functional groups attached to an aromatic ring is 1. The van der Waals surface area contributed by atoms with Gasteiger partial charge < -0.3 is 11.1 Å². The third-order valence-corrected chi connectivity index (χ3v) is 2.95. The number of aryl methyl sites for hydroxylation is 1. The van der Waals surface area contributed by atoms with Gasteiger partial charge in [-0.3, -0.25) is 9.48 Å². The molecule has 100 valence electrons. The predicted molar refractivity (Wildman–Crippen MR) is 75.4 cm³/mol. The molecule has 0 atom stereocenters. The van der Waals surface area contributed by atoms with Crippen LogP contribution in [0.1, 0.15) is 12.8 Å². The SMILES string of the molecule is CNC(=O)CCCn1cc(-c2ccc(N)cc2)cn1. The zero-order valence-electron chi connectivity index (χ0n) is 11.0. The Labute approximate surface area is 112 Å². The number of amides is 1. The number of carbonyl (C=O) groups excluding carboxylic acids is 1. The lowest BCUT2D eigenvalue weighted by Crippen LogP contribution is -2.17. The maximum absolute atomic E-state index is 11.1. The van der Waals surface area contributed by atoms with Crippen molar-refractivity contribution in [2.75, 3.05) is 12.8 Å². The molecule has 0 aliphatic carbocycles. The van der Waals surface area contributed by atoms with E-state index in [0.717, 1.165) is 29.8 Å². The highest BCUT2D eigenvalue weighted by atomic mass is 16.1. The van der Waals surface area contributed by atoms with Crippen LogP contribution < -0.4 is 11.1 Å². The Morgan fingerprint density at radius 2 is 2.05 bits per heavy atom. The Hall–Kier alpha value is -2.30. The molecule has 1 aromatic carbocycles. The van der Waals surface area contributed by atoms with Crippen molar-refractivity contribution in [3.05, 3.63) is 36.7 Å². The first-order valence-electron chi connectivity index (χ1n) is 6.28. The van der Waals surface area contributed by atoms with Gasteiger partial charge in [0, 0.05) is 37.5 Å². The van der Waals surface area contributed by atoms with Crippen molar-refractivity contribution in [2.24, 2.45) is 0 Å². The predicted octanol–water partition coefficient (Wildman–Crippen LogP) is 1.66. The number of aromatic nitrogens is 2. The fraction of sp³-hybridized carbons (Fsp3) is 0.286. The molecule has 0 bridgehead atoms. The van der Waals surface area contributed by atoms with Crippen LogP contribution in [-0.4, -0.2) is 22.7 Å². The molecule has 1 amide bonds. The third kappa shape index (κ3) is 3.58. The molecule has 1 aromatic heterocycles. The normalized spacial score (nSPS) is 10.4. The summed E-state index contributed by atoms with van der Waals surface area (Å²) >= 11 is 0. The van der Waals surface area contributed by atoms with Crippen LogP contribution in [0.15, 0.2) is 36.7 Å². The molecule has 0 fully saturated rings. The van der Waals surface area contributed by atoms with E-state index < -0.39 is 0 Å². The van der Waals surface area contributed by atoms with E-state index in [1.54, 1.807) is 7.05 Å². The van der Waals surface area contributed by atoms with E-state index in [0.29, 0.717) is 6.42 Å². The van der Waals surface area contributed by atoms with Gasteiger partial charge in [0.25, 0.3) is 0 Å². The van der Waals surface area contributed by atoms with Crippen molar-refractivity contribution in [1.29, 1.82) is 0 Å². The number of rotatable bonds is 5. The molecule has 0 radical (unpaired) electrons. The van der Waals surface area contributed by atoms with Crippen molar-refractivity contribution in [1.82, 2.24) is 15.1 Å². The number of anilines is 1. The second kappa shape index (κ2) is 6.04. The van der Waals surface area contributed by atoms with Gasteiger partial charge in [-0.2, -0.15) is 5.10 Å². The van der Waals surface area contributed by atoms with Gasteiger partial charge in [-0.1, -0.05) is 12.1 Å². The third-order valence-electron chi connectivity index (χ3n) is 2.95. The molecule has 3 N–H and O–H groups in total. The van der Waals surface area contributed by atoms with Gasteiger partial charge in [0.05, 0.1) is 6.20 Å². The molecule has 0 aliphatic rings. The molecule has 1 heterocycles. The summed E-state index contributed by atoms with van der Waals surface area (Å²) < 4.78 is 1.86. The van der Waals surface area contributed by atoms with Gasteiger partial charge >= 0.3 is 0 Å². The lowest BCUT2D eigenvalue weighted by molar-refractivity contribution is -0.120. The molecule has 0 aliphatic heterocycles. The Morgan fingerprint density at radius 1 is 1.32 bits per heavy atom. The monoisotopic (exact) mass is 258 g/mol. The fourth-order valence-corrected chi connectivity index (χ4v) is 1.84. The van der Waals surface area contributed by atoms with Crippen LogP contribution in [0, 0.1) is 0 Å². The number of nitrogens with one attached hydrogen (secondary N) is 1. The van der Waals surface area contributed by atoms with Crippen LogP contribution in [-0.2, 0) is 11.3 Å². The molecule has 5 nitrogen and oxygen atoms in total. The number of carbonyl (C=O) groups is 1. The number of benzene rings is 1. The van der Waals surface area contributed by atoms with Crippen LogP contribution in [0.25, 0.3) is 11.1 Å². The molecular weight excluding hydrogens is 240 g/mol. The smallest absolute Gasteiger partial charge is 0.219 e. The highest BCUT2D eigenvalue weighted by molar-refractivity contribution is 5.75. The molecule has 0 spiro atoms. The minimum absolute atomic E-state index is 0.0610. The topological polar surface area (TPSA) is 72.9 Å². The fourth-order valence-electron chi connectivity index (χ4n) is 1.84. The van der Waals surface area contributed by atoms with Crippen LogP contribution in [0.2, 0.25) is 0 Å². The van der Waals surface area contributed by atoms with Gasteiger partial charge in [0.15, 0.2) is 0 Å². The minimum Gasteiger partial charge on any atom is -0.399 e. The summed E-state index contributed by atoms with van der Waals surface area (Å²) in [7, 11) is 1.65. The average Bonchev–Trinajstić information content (AvgIpc) is 2.88. The standard InChI is InChI=1S/C14H18N4O/c1-16-14(19)3-2-8-18-10-12(9-17-18)11-4-6-13(15)7-5-11/h4-7,9-10H,2-3,8,15H2,1H3,(H,16,19). The zero-order valence-corrected chi connectivity index (χ0v) is 11.0. The zero-order chi connectivity index (χ0) is 13.7. The molecule has 0 saturated heterocycles. The first-order valence-corrected chi connectivity index (χ1v) is 6.28. The minimum atomic E-state index is 0.0610. The van der Waals surface area contributed by atoms with Gasteiger partial charge in [-0.15, -0.1) is 0 Å². The van der Waals surface area contributed by atoms with Crippen LogP contribution >= 0.6 is 0 Å². The molecule has 5 heteroatoms. The summed E-state index contributed by atoms with van der Waals surface area (Å²) in [6.45, 7) is 0.738. The highest BCUT2D eigenvalue weighted by Gasteiger charge is 2.03. The van der Waals surface area contributed by atoms with E-state index in [9.17, 15) is 4.79 Å². The second-order valence-electron chi connectivity index (χ2n) is 4.39. The number of nitrogens with zero attached hydrogens (tertiary/aromatic N) is 2. The summed E-state index contributed by atoms with van der Waals surface area (Å²) in [6, 6.07) is 7.69. The Balaban J connectivity index is 1.95. The average molecular weight is 258 g/mol. The Morgan fingerprint density at radius 3 is 2.74 bits per heavy atom. The van der Waals surface area contributed by atoms with Crippen molar-refractivity contribution in [2.45, 2.75) is 19.4 Å². The summed E-state index contributed by atoms with van der Waals surface area (Å²) in [5.41, 5.74) is 8.56. The van der Waals surface area contributed by atoms with Crippen molar-refractivity contribution in [3.8, 4) is 11.1 Å². The lowest BCUT2D eigenvalue weighted by Gasteiger charge is -2.01. The van der Waals surface area contributed by atoms with E-state index in [4.69, 9.17) is 5.73 Å². The summed E-state index contributed by atoms with van der Waals surface area (Å²) in [5, 5.41) is 6.90. The Bertz CT molecular complexity index is 545. The second-order valence-corrected chi connectivity index (χ2v) is 4.39. The molecule has 0 unspecified atom stereocenters. The maximum atomic E-state index is 11.1. The Kier molecular flexibility index (Phi) is 4.18. The first-order chi connectivity index (χ1) is 9.19. The van der Waals surface area contributed by atoms with Crippen molar-refractivity contribution >= 4 is 11.6 Å². The van der Waals surface area contributed by atoms with Gasteiger partial charge in [0.1, 0.15) is 0 Å². The van der Waals surface area contributed by atoms with Crippen LogP contribution in [0.3, 0.4) is 0 Å². The molecule has 2 aromatic rings.